The number of rotatable bonds is 4. The molecule has 0 atom stereocenters. The SMILES string of the molecule is C1CC1.CC(C)(O)c1c(F)c(Cl)c(-c2ccc3nc(NC=O)cn3c2)c2cn[nH]c12. The molecular weight excluding hydrogens is 409 g/mol. The highest BCUT2D eigenvalue weighted by atomic mass is 35.5. The van der Waals surface area contributed by atoms with Crippen LogP contribution in [0.4, 0.5) is 10.2 Å². The molecule has 156 valence electrons. The average Bonchev–Trinajstić information content (AvgIpc) is 3.40. The Morgan fingerprint density at radius 3 is 2.67 bits per heavy atom. The monoisotopic (exact) mass is 429 g/mol. The van der Waals surface area contributed by atoms with Crippen molar-refractivity contribution >= 4 is 40.4 Å². The fourth-order valence-corrected chi connectivity index (χ4v) is 3.55. The summed E-state index contributed by atoms with van der Waals surface area (Å²) in [5.41, 5.74) is 0.692. The van der Waals surface area contributed by atoms with Gasteiger partial charge in [-0.1, -0.05) is 30.9 Å². The predicted octanol–water partition coefficient (Wildman–Crippen LogP) is 4.64. The van der Waals surface area contributed by atoms with E-state index in [0.717, 1.165) is 0 Å². The molecule has 30 heavy (non-hydrogen) atoms. The molecule has 0 spiro atoms. The Morgan fingerprint density at radius 2 is 2.03 bits per heavy atom. The molecule has 1 aliphatic carbocycles. The van der Waals surface area contributed by atoms with E-state index in [9.17, 15) is 9.90 Å². The first-order valence-corrected chi connectivity index (χ1v) is 9.95. The number of pyridine rings is 1. The number of nitrogens with zero attached hydrogens (tertiary/aromatic N) is 3. The molecule has 3 aromatic heterocycles. The lowest BCUT2D eigenvalue weighted by molar-refractivity contribution is -0.105. The van der Waals surface area contributed by atoms with E-state index in [2.05, 4.69) is 20.5 Å². The Morgan fingerprint density at radius 1 is 1.30 bits per heavy atom. The van der Waals surface area contributed by atoms with Gasteiger partial charge in [0.15, 0.2) is 11.6 Å². The molecule has 1 fully saturated rings. The highest BCUT2D eigenvalue weighted by Crippen LogP contribution is 2.42. The first-order valence-electron chi connectivity index (χ1n) is 9.57. The van der Waals surface area contributed by atoms with E-state index in [1.807, 2.05) is 0 Å². The fourth-order valence-electron chi connectivity index (χ4n) is 3.24. The second kappa shape index (κ2) is 7.70. The van der Waals surface area contributed by atoms with Gasteiger partial charge < -0.3 is 14.8 Å². The molecule has 4 aromatic rings. The predicted molar refractivity (Wildman–Crippen MR) is 114 cm³/mol. The Balaban J connectivity index is 0.000000667. The largest absolute Gasteiger partial charge is 0.386 e. The highest BCUT2D eigenvalue weighted by Gasteiger charge is 2.29. The normalized spacial score (nSPS) is 13.2. The Kier molecular flexibility index (Phi) is 5.21. The van der Waals surface area contributed by atoms with Gasteiger partial charge in [0.2, 0.25) is 6.41 Å². The number of fused-ring (bicyclic) bond motifs is 2. The molecule has 1 aromatic carbocycles. The van der Waals surface area contributed by atoms with Gasteiger partial charge in [0.05, 0.1) is 28.5 Å². The second-order valence-corrected chi connectivity index (χ2v) is 8.11. The molecule has 0 bridgehead atoms. The van der Waals surface area contributed by atoms with Crippen LogP contribution in [0.2, 0.25) is 5.02 Å². The van der Waals surface area contributed by atoms with Crippen LogP contribution in [0, 0.1) is 5.82 Å². The third-order valence-corrected chi connectivity index (χ3v) is 5.06. The Hall–Kier alpha value is -2.97. The van der Waals surface area contributed by atoms with Crippen LogP contribution in [0.15, 0.2) is 30.7 Å². The van der Waals surface area contributed by atoms with E-state index < -0.39 is 11.4 Å². The number of imidazole rings is 1. The summed E-state index contributed by atoms with van der Waals surface area (Å²) in [6.45, 7) is 2.97. The maximum absolute atomic E-state index is 15.1. The summed E-state index contributed by atoms with van der Waals surface area (Å²) in [6, 6.07) is 3.49. The fraction of sp³-hybridized carbons (Fsp3) is 0.286. The molecule has 3 heterocycles. The number of anilines is 1. The molecule has 0 radical (unpaired) electrons. The lowest BCUT2D eigenvalue weighted by Gasteiger charge is -2.21. The molecule has 7 nitrogen and oxygen atoms in total. The van der Waals surface area contributed by atoms with Crippen LogP contribution in [-0.2, 0) is 10.4 Å². The zero-order valence-corrected chi connectivity index (χ0v) is 17.3. The van der Waals surface area contributed by atoms with Crippen LogP contribution in [-0.4, -0.2) is 31.1 Å². The maximum atomic E-state index is 15.1. The van der Waals surface area contributed by atoms with Crippen molar-refractivity contribution < 1.29 is 14.3 Å². The third-order valence-electron chi connectivity index (χ3n) is 4.70. The molecule has 9 heteroatoms. The summed E-state index contributed by atoms with van der Waals surface area (Å²) in [6.07, 6.45) is 9.95. The van der Waals surface area contributed by atoms with Gasteiger partial charge in [-0.15, -0.1) is 0 Å². The third kappa shape index (κ3) is 3.76. The highest BCUT2D eigenvalue weighted by molar-refractivity contribution is 6.35. The molecule has 5 rings (SSSR count). The number of hydrogen-bond acceptors (Lipinski definition) is 4. The lowest BCUT2D eigenvalue weighted by atomic mass is 9.91. The van der Waals surface area contributed by atoms with Crippen LogP contribution >= 0.6 is 11.6 Å². The van der Waals surface area contributed by atoms with Gasteiger partial charge in [0.1, 0.15) is 5.65 Å². The van der Waals surface area contributed by atoms with Crippen LogP contribution in [0.3, 0.4) is 0 Å². The Labute approximate surface area is 176 Å². The number of amides is 1. The number of carbonyl (C=O) groups excluding carboxylic acids is 1. The number of carbonyl (C=O) groups is 1. The molecule has 1 amide bonds. The van der Waals surface area contributed by atoms with E-state index >= 15 is 4.39 Å². The standard InChI is InChI=1S/C18H15ClFN5O2.C3H6/c1-18(2,27)14-16(20)15(19)13(10-5-22-24-17(10)14)9-3-4-12-23-11(21-8-26)7-25(12)6-9;1-2-3-1/h3-8,27H,1-2H3,(H,21,26)(H,22,24);1-3H2. The average molecular weight is 430 g/mol. The van der Waals surface area contributed by atoms with Crippen molar-refractivity contribution in [3.63, 3.8) is 0 Å². The van der Waals surface area contributed by atoms with Crippen molar-refractivity contribution in [2.45, 2.75) is 38.7 Å². The van der Waals surface area contributed by atoms with Crippen LogP contribution in [0.1, 0.15) is 38.7 Å². The first-order chi connectivity index (χ1) is 14.3. The van der Waals surface area contributed by atoms with Gasteiger partial charge in [-0.25, -0.2) is 9.37 Å². The van der Waals surface area contributed by atoms with Gasteiger partial charge >= 0.3 is 0 Å². The molecule has 0 aliphatic heterocycles. The van der Waals surface area contributed by atoms with Crippen molar-refractivity contribution in [1.82, 2.24) is 19.6 Å². The summed E-state index contributed by atoms with van der Waals surface area (Å²) < 4.78 is 16.8. The number of aromatic amines is 1. The summed E-state index contributed by atoms with van der Waals surface area (Å²) in [4.78, 5) is 14.8. The van der Waals surface area contributed by atoms with Gasteiger partial charge in [0, 0.05) is 28.3 Å². The Bertz CT molecular complexity index is 1240. The van der Waals surface area contributed by atoms with E-state index in [4.69, 9.17) is 11.6 Å². The molecule has 1 saturated carbocycles. The molecule has 0 saturated heterocycles. The summed E-state index contributed by atoms with van der Waals surface area (Å²) >= 11 is 6.37. The van der Waals surface area contributed by atoms with Gasteiger partial charge in [-0.3, -0.25) is 9.89 Å². The number of H-pyrrole nitrogens is 1. The van der Waals surface area contributed by atoms with E-state index in [1.54, 1.807) is 35.1 Å². The topological polar surface area (TPSA) is 95.3 Å². The summed E-state index contributed by atoms with van der Waals surface area (Å²) in [5, 5.41) is 20.1. The number of halogens is 2. The van der Waals surface area contributed by atoms with Crippen molar-refractivity contribution in [2.75, 3.05) is 5.32 Å². The number of hydrogen-bond donors (Lipinski definition) is 3. The molecule has 0 unspecified atom stereocenters. The van der Waals surface area contributed by atoms with Crippen molar-refractivity contribution in [3.8, 4) is 11.1 Å². The molecular formula is C21H21ClFN5O2. The van der Waals surface area contributed by atoms with E-state index in [-0.39, 0.29) is 10.6 Å². The minimum Gasteiger partial charge on any atom is -0.386 e. The van der Waals surface area contributed by atoms with E-state index in [1.165, 1.54) is 33.1 Å². The number of benzene rings is 1. The van der Waals surface area contributed by atoms with Crippen LogP contribution < -0.4 is 5.32 Å². The van der Waals surface area contributed by atoms with Crippen molar-refractivity contribution in [1.29, 1.82) is 0 Å². The van der Waals surface area contributed by atoms with Crippen LogP contribution in [0.5, 0.6) is 0 Å². The quantitative estimate of drug-likeness (QED) is 0.412. The summed E-state index contributed by atoms with van der Waals surface area (Å²) in [5.74, 6) is -0.310. The zero-order valence-electron chi connectivity index (χ0n) is 16.5. The molecule has 1 aliphatic rings. The van der Waals surface area contributed by atoms with Crippen LogP contribution in [0.25, 0.3) is 27.7 Å². The second-order valence-electron chi connectivity index (χ2n) is 7.73. The van der Waals surface area contributed by atoms with Crippen molar-refractivity contribution in [3.05, 3.63) is 47.1 Å². The van der Waals surface area contributed by atoms with E-state index in [0.29, 0.717) is 39.9 Å². The van der Waals surface area contributed by atoms with Gasteiger partial charge in [0.25, 0.3) is 0 Å². The minimum atomic E-state index is -1.44. The zero-order chi connectivity index (χ0) is 21.5. The number of aromatic nitrogens is 4. The smallest absolute Gasteiger partial charge is 0.212 e. The lowest BCUT2D eigenvalue weighted by Crippen LogP contribution is -2.19. The maximum Gasteiger partial charge on any atom is 0.212 e. The first kappa shape index (κ1) is 20.3. The number of nitrogens with one attached hydrogen (secondary N) is 2. The van der Waals surface area contributed by atoms with Gasteiger partial charge in [-0.05, 0) is 26.0 Å². The minimum absolute atomic E-state index is 0.0601. The molecule has 3 N–H and O–H groups in total. The van der Waals surface area contributed by atoms with Gasteiger partial charge in [-0.2, -0.15) is 5.10 Å². The number of aliphatic hydroxyl groups is 1. The van der Waals surface area contributed by atoms with Crippen molar-refractivity contribution in [2.24, 2.45) is 0 Å². The summed E-state index contributed by atoms with van der Waals surface area (Å²) in [7, 11) is 0.